The summed E-state index contributed by atoms with van der Waals surface area (Å²) in [4.78, 5) is 31.2. The van der Waals surface area contributed by atoms with Gasteiger partial charge in [0.1, 0.15) is 5.82 Å². The van der Waals surface area contributed by atoms with Crippen molar-refractivity contribution in [2.75, 3.05) is 58.4 Å². The zero-order valence-corrected chi connectivity index (χ0v) is 24.8. The molecule has 3 aliphatic rings. The molecule has 2 saturated heterocycles. The first-order chi connectivity index (χ1) is 20.5. The van der Waals surface area contributed by atoms with Crippen molar-refractivity contribution in [3.05, 3.63) is 41.7 Å². The van der Waals surface area contributed by atoms with Gasteiger partial charge in [0, 0.05) is 62.4 Å². The van der Waals surface area contributed by atoms with E-state index in [9.17, 15) is 27.1 Å². The maximum Gasteiger partial charge on any atom is 0.259 e. The van der Waals surface area contributed by atoms with Crippen LogP contribution in [0.1, 0.15) is 54.6 Å². The van der Waals surface area contributed by atoms with Crippen LogP contribution in [0.25, 0.3) is 10.9 Å². The van der Waals surface area contributed by atoms with Gasteiger partial charge in [0.25, 0.3) is 11.8 Å². The van der Waals surface area contributed by atoms with Crippen LogP contribution in [0.5, 0.6) is 0 Å². The normalized spacial score (nSPS) is 19.4. The Labute approximate surface area is 248 Å². The second-order valence-electron chi connectivity index (χ2n) is 11.8. The maximum absolute atomic E-state index is 14.1. The number of pyridine rings is 1. The van der Waals surface area contributed by atoms with Crippen molar-refractivity contribution in [1.82, 2.24) is 15.0 Å². The smallest absolute Gasteiger partial charge is 0.259 e. The van der Waals surface area contributed by atoms with Crippen LogP contribution in [-0.4, -0.2) is 78.8 Å². The number of aliphatic hydroxyl groups is 1. The molecule has 1 aliphatic carbocycles. The molecular formula is C29H35F2N7O4S. The van der Waals surface area contributed by atoms with Crippen molar-refractivity contribution in [2.45, 2.75) is 51.4 Å². The average molecular weight is 616 g/mol. The van der Waals surface area contributed by atoms with E-state index in [1.165, 1.54) is 19.0 Å². The Kier molecular flexibility index (Phi) is 7.61. The number of fused-ring (bicyclic) bond motifs is 1. The molecule has 0 radical (unpaired) electrons. The molecule has 1 aromatic carbocycles. The topological polar surface area (TPSA) is 141 Å². The van der Waals surface area contributed by atoms with Gasteiger partial charge in [-0.05, 0) is 50.2 Å². The number of halogens is 2. The number of rotatable bonds is 8. The van der Waals surface area contributed by atoms with Crippen molar-refractivity contribution in [2.24, 2.45) is 5.41 Å². The predicted molar refractivity (Wildman–Crippen MR) is 160 cm³/mol. The number of aliphatic hydroxyl groups excluding tert-OH is 1. The summed E-state index contributed by atoms with van der Waals surface area (Å²) in [6.07, 6.45) is 5.30. The highest BCUT2D eigenvalue weighted by Gasteiger charge is 2.45. The van der Waals surface area contributed by atoms with E-state index in [0.29, 0.717) is 46.4 Å². The number of alkyl halides is 2. The third-order valence-electron chi connectivity index (χ3n) is 8.71. The quantitative estimate of drug-likeness (QED) is 0.344. The number of nitrogens with one attached hydrogen (secondary N) is 2. The molecule has 3 N–H and O–H groups in total. The highest BCUT2D eigenvalue weighted by Crippen LogP contribution is 2.54. The molecule has 11 nitrogen and oxygen atoms in total. The van der Waals surface area contributed by atoms with Crippen molar-refractivity contribution < 1.29 is 27.1 Å². The lowest BCUT2D eigenvalue weighted by Crippen LogP contribution is -2.40. The molecule has 1 spiro atoms. The first kappa shape index (κ1) is 29.4. The van der Waals surface area contributed by atoms with Crippen LogP contribution in [0.15, 0.2) is 30.5 Å². The number of anilines is 4. The minimum Gasteiger partial charge on any atom is -0.395 e. The maximum atomic E-state index is 14.1. The lowest BCUT2D eigenvalue weighted by atomic mass is 9.92. The summed E-state index contributed by atoms with van der Waals surface area (Å²) < 4.78 is 55.4. The van der Waals surface area contributed by atoms with Crippen LogP contribution < -0.4 is 19.8 Å². The van der Waals surface area contributed by atoms with E-state index in [0.717, 1.165) is 12.8 Å². The van der Waals surface area contributed by atoms with E-state index in [2.05, 4.69) is 29.9 Å². The van der Waals surface area contributed by atoms with Crippen molar-refractivity contribution in [1.29, 1.82) is 0 Å². The fourth-order valence-corrected chi connectivity index (χ4v) is 6.84. The number of benzene rings is 1. The van der Waals surface area contributed by atoms with Gasteiger partial charge in [-0.2, -0.15) is 4.98 Å². The van der Waals surface area contributed by atoms with Gasteiger partial charge in [-0.25, -0.2) is 22.2 Å². The Morgan fingerprint density at radius 2 is 1.72 bits per heavy atom. The highest BCUT2D eigenvalue weighted by atomic mass is 32.2. The number of hydrogen-bond acceptors (Lipinski definition) is 9. The van der Waals surface area contributed by atoms with E-state index in [-0.39, 0.29) is 43.4 Å². The molecule has 2 aliphatic heterocycles. The lowest BCUT2D eigenvalue weighted by Gasteiger charge is -2.35. The zero-order chi connectivity index (χ0) is 30.4. The summed E-state index contributed by atoms with van der Waals surface area (Å²) in [7, 11) is -3.87. The van der Waals surface area contributed by atoms with Crippen LogP contribution >= 0.6 is 0 Å². The minimum atomic E-state index is -3.87. The molecule has 43 heavy (non-hydrogen) atoms. The SMILES string of the molecule is Cc1cc(NC(=O)c2c(N3CCC4(CC3)CC4)cc(NS(=O)(=O)CCO)c3ncccc23)nc(N2CCC(F)(F)CC2)n1. The number of sulfonamides is 1. The Bertz CT molecular complexity index is 1650. The number of carbonyl (C=O) groups is 1. The lowest BCUT2D eigenvalue weighted by molar-refractivity contribution is -0.0222. The van der Waals surface area contributed by atoms with Gasteiger partial charge in [-0.15, -0.1) is 0 Å². The van der Waals surface area contributed by atoms with Crippen LogP contribution in [0.4, 0.5) is 31.9 Å². The van der Waals surface area contributed by atoms with E-state index in [1.54, 1.807) is 36.1 Å². The largest absolute Gasteiger partial charge is 0.395 e. The highest BCUT2D eigenvalue weighted by molar-refractivity contribution is 7.92. The molecule has 14 heteroatoms. The van der Waals surface area contributed by atoms with E-state index in [4.69, 9.17) is 0 Å². The molecule has 0 atom stereocenters. The fourth-order valence-electron chi connectivity index (χ4n) is 6.01. The predicted octanol–water partition coefficient (Wildman–Crippen LogP) is 3.94. The Morgan fingerprint density at radius 3 is 2.40 bits per heavy atom. The third kappa shape index (κ3) is 6.35. The number of aromatic nitrogens is 3. The van der Waals surface area contributed by atoms with E-state index >= 15 is 0 Å². The van der Waals surface area contributed by atoms with Gasteiger partial charge in [0.15, 0.2) is 0 Å². The average Bonchev–Trinajstić information content (AvgIpc) is 3.71. The molecule has 0 unspecified atom stereocenters. The van der Waals surface area contributed by atoms with Gasteiger partial charge in [0.05, 0.1) is 34.8 Å². The summed E-state index contributed by atoms with van der Waals surface area (Å²) in [5, 5.41) is 12.6. The van der Waals surface area contributed by atoms with Crippen molar-refractivity contribution in [3.8, 4) is 0 Å². The molecule has 0 bridgehead atoms. The number of nitrogens with zero attached hydrogens (tertiary/aromatic N) is 5. The Hall–Kier alpha value is -3.65. The summed E-state index contributed by atoms with van der Waals surface area (Å²) >= 11 is 0. The summed E-state index contributed by atoms with van der Waals surface area (Å²) in [6, 6.07) is 6.68. The van der Waals surface area contributed by atoms with Gasteiger partial charge in [-0.1, -0.05) is 6.07 Å². The monoisotopic (exact) mass is 615 g/mol. The zero-order valence-electron chi connectivity index (χ0n) is 23.9. The molecule has 1 amide bonds. The van der Waals surface area contributed by atoms with Crippen LogP contribution in [0.2, 0.25) is 0 Å². The van der Waals surface area contributed by atoms with Gasteiger partial charge < -0.3 is 20.2 Å². The van der Waals surface area contributed by atoms with Crippen molar-refractivity contribution >= 4 is 50.0 Å². The first-order valence-corrected chi connectivity index (χ1v) is 16.2. The summed E-state index contributed by atoms with van der Waals surface area (Å²) in [6.45, 7) is 2.85. The molecule has 4 heterocycles. The Morgan fingerprint density at radius 1 is 1.02 bits per heavy atom. The third-order valence-corrected chi connectivity index (χ3v) is 9.96. The van der Waals surface area contributed by atoms with E-state index < -0.39 is 34.2 Å². The number of amides is 1. The molecule has 3 fully saturated rings. The van der Waals surface area contributed by atoms with Crippen LogP contribution in [-0.2, 0) is 10.0 Å². The summed E-state index contributed by atoms with van der Waals surface area (Å²) in [5.74, 6) is -3.14. The molecular weight excluding hydrogens is 580 g/mol. The molecule has 6 rings (SSSR count). The van der Waals surface area contributed by atoms with Crippen LogP contribution in [0.3, 0.4) is 0 Å². The first-order valence-electron chi connectivity index (χ1n) is 14.5. The molecule has 3 aromatic rings. The minimum absolute atomic E-state index is 0.106. The number of hydrogen-bond donors (Lipinski definition) is 3. The Balaban J connectivity index is 1.38. The van der Waals surface area contributed by atoms with Gasteiger partial charge in [0.2, 0.25) is 16.0 Å². The number of piperidine rings is 2. The van der Waals surface area contributed by atoms with Crippen LogP contribution in [0, 0.1) is 12.3 Å². The molecule has 230 valence electrons. The number of aryl methyl sites for hydroxylation is 1. The second kappa shape index (κ2) is 11.1. The fraction of sp³-hybridized carbons (Fsp3) is 0.517. The van der Waals surface area contributed by atoms with Gasteiger partial charge in [-0.3, -0.25) is 14.5 Å². The van der Waals surface area contributed by atoms with E-state index in [1.807, 2.05) is 0 Å². The van der Waals surface area contributed by atoms with Gasteiger partial charge >= 0.3 is 0 Å². The molecule has 2 aromatic heterocycles. The number of carbonyl (C=O) groups excluding carboxylic acids is 1. The summed E-state index contributed by atoms with van der Waals surface area (Å²) in [5.41, 5.74) is 2.36. The van der Waals surface area contributed by atoms with Crippen molar-refractivity contribution in [3.63, 3.8) is 0 Å². The molecule has 1 saturated carbocycles. The standard InChI is InChI=1S/C29H35F2N7O4S/c1-19-17-23(35-27(33-19)38-13-8-29(30,31)9-14-38)34-26(40)24-20-3-2-10-32-25(20)21(36-43(41,42)16-15-39)18-22(24)37-11-6-28(4-5-28)7-12-37/h2-3,10,17-18,36,39H,4-9,11-16H2,1H3,(H,33,34,35,40). The second-order valence-corrected chi connectivity index (χ2v) is 13.7.